The molecule has 0 aliphatic heterocycles. The molecular formula is C7H6F4NO. The maximum Gasteiger partial charge on any atom is 0.336 e. The van der Waals surface area contributed by atoms with Gasteiger partial charge in [0.05, 0.1) is 0 Å². The number of rotatable bonds is 2. The van der Waals surface area contributed by atoms with Crippen molar-refractivity contribution in [1.29, 1.82) is 0 Å². The summed E-state index contributed by atoms with van der Waals surface area (Å²) in [5.74, 6) is -5.93. The molecule has 1 aliphatic carbocycles. The largest absolute Gasteiger partial charge is 0.336 e. The number of allylic oxidation sites excluding steroid dienone is 1. The number of carbonyl (C=O) groups is 1. The topological polar surface area (TPSA) is 31.2 Å². The molecule has 0 aromatic rings. The number of halogens is 4. The standard InChI is InChI=1S/C7H6F4NO/c8-4(6(13)12-11)5(9)7(10)2-1-3-7/h1-3H2. The Morgan fingerprint density at radius 1 is 1.31 bits per heavy atom. The summed E-state index contributed by atoms with van der Waals surface area (Å²) in [5, 5.41) is 0. The normalized spacial score (nSPS) is 21.5. The van der Waals surface area contributed by atoms with Crippen molar-refractivity contribution in [3.8, 4) is 0 Å². The molecule has 0 atom stereocenters. The summed E-state index contributed by atoms with van der Waals surface area (Å²) >= 11 is 0. The van der Waals surface area contributed by atoms with E-state index >= 15 is 0 Å². The van der Waals surface area contributed by atoms with Crippen LogP contribution in [0.2, 0.25) is 0 Å². The first-order valence-electron chi connectivity index (χ1n) is 3.62. The monoisotopic (exact) mass is 196 g/mol. The Hall–Kier alpha value is -1.07. The molecule has 2 nitrogen and oxygen atoms in total. The summed E-state index contributed by atoms with van der Waals surface area (Å²) in [7, 11) is 0. The molecule has 0 aromatic heterocycles. The van der Waals surface area contributed by atoms with Gasteiger partial charge in [0.1, 0.15) is 0 Å². The number of alkyl halides is 1. The Bertz CT molecular complexity index is 259. The van der Waals surface area contributed by atoms with Crippen LogP contribution >= 0.6 is 0 Å². The van der Waals surface area contributed by atoms with Crippen LogP contribution in [-0.2, 0) is 4.79 Å². The molecule has 1 rings (SSSR count). The molecule has 6 heteroatoms. The Morgan fingerprint density at radius 3 is 2.15 bits per heavy atom. The van der Waals surface area contributed by atoms with Crippen LogP contribution in [0.1, 0.15) is 19.3 Å². The van der Waals surface area contributed by atoms with Crippen LogP contribution in [0.5, 0.6) is 0 Å². The minimum absolute atomic E-state index is 0.189. The summed E-state index contributed by atoms with van der Waals surface area (Å²) < 4.78 is 49.5. The number of nitrogens with zero attached hydrogens (tertiary/aromatic N) is 1. The van der Waals surface area contributed by atoms with Crippen LogP contribution in [0, 0.1) is 0 Å². The van der Waals surface area contributed by atoms with Crippen LogP contribution in [0.3, 0.4) is 0 Å². The highest BCUT2D eigenvalue weighted by molar-refractivity contribution is 5.90. The summed E-state index contributed by atoms with van der Waals surface area (Å²) in [6.07, 6.45) is 0.0375. The van der Waals surface area contributed by atoms with Gasteiger partial charge in [-0.2, -0.15) is 4.39 Å². The molecule has 0 aromatic carbocycles. The predicted octanol–water partition coefficient (Wildman–Crippen LogP) is 2.04. The average molecular weight is 196 g/mol. The van der Waals surface area contributed by atoms with Gasteiger partial charge in [0.25, 0.3) is 0 Å². The Labute approximate surface area is 71.5 Å². The molecule has 1 fully saturated rings. The fourth-order valence-corrected chi connectivity index (χ4v) is 1.03. The SMILES string of the molecule is O=C([N]F)C(F)=C(F)C1(F)CCC1. The van der Waals surface area contributed by atoms with Gasteiger partial charge in [0.2, 0.25) is 5.83 Å². The van der Waals surface area contributed by atoms with Gasteiger partial charge in [0.15, 0.2) is 11.5 Å². The van der Waals surface area contributed by atoms with E-state index in [1.165, 1.54) is 5.54 Å². The Morgan fingerprint density at radius 2 is 1.85 bits per heavy atom. The lowest BCUT2D eigenvalue weighted by molar-refractivity contribution is -0.123. The fraction of sp³-hybridized carbons (Fsp3) is 0.571. The van der Waals surface area contributed by atoms with Crippen LogP contribution in [0.25, 0.3) is 0 Å². The maximum atomic E-state index is 13.1. The molecule has 1 amide bonds. The van der Waals surface area contributed by atoms with Crippen LogP contribution in [-0.4, -0.2) is 11.6 Å². The van der Waals surface area contributed by atoms with E-state index in [4.69, 9.17) is 0 Å². The average Bonchev–Trinajstić information content (AvgIpc) is 2.10. The van der Waals surface area contributed by atoms with E-state index in [0.29, 0.717) is 6.42 Å². The second-order valence-electron chi connectivity index (χ2n) is 2.84. The molecule has 0 spiro atoms. The van der Waals surface area contributed by atoms with Crippen molar-refractivity contribution in [3.05, 3.63) is 11.7 Å². The molecule has 1 radical (unpaired) electrons. The summed E-state index contributed by atoms with van der Waals surface area (Å²) in [4.78, 5) is 10.2. The lowest BCUT2D eigenvalue weighted by Crippen LogP contribution is -2.34. The minimum Gasteiger partial charge on any atom is -0.261 e. The Balaban J connectivity index is 2.84. The molecule has 0 saturated heterocycles. The molecule has 0 unspecified atom stereocenters. The first-order chi connectivity index (χ1) is 6.01. The quantitative estimate of drug-likeness (QED) is 0.491. The van der Waals surface area contributed by atoms with E-state index in [-0.39, 0.29) is 12.8 Å². The van der Waals surface area contributed by atoms with Crippen LogP contribution < -0.4 is 5.54 Å². The first kappa shape index (κ1) is 10.0. The molecule has 73 valence electrons. The van der Waals surface area contributed by atoms with Gasteiger partial charge < -0.3 is 0 Å². The van der Waals surface area contributed by atoms with Crippen molar-refractivity contribution >= 4 is 5.91 Å². The summed E-state index contributed by atoms with van der Waals surface area (Å²) in [6.45, 7) is 0. The third kappa shape index (κ3) is 1.66. The van der Waals surface area contributed by atoms with Crippen molar-refractivity contribution in [2.24, 2.45) is 0 Å². The minimum atomic E-state index is -2.43. The van der Waals surface area contributed by atoms with Crippen LogP contribution in [0.15, 0.2) is 11.7 Å². The lowest BCUT2D eigenvalue weighted by Gasteiger charge is -2.31. The van der Waals surface area contributed by atoms with Crippen molar-refractivity contribution in [3.63, 3.8) is 0 Å². The zero-order valence-corrected chi connectivity index (χ0v) is 6.49. The Kier molecular flexibility index (Phi) is 2.58. The van der Waals surface area contributed by atoms with E-state index in [0.717, 1.165) is 0 Å². The van der Waals surface area contributed by atoms with Gasteiger partial charge in [-0.25, -0.2) is 8.78 Å². The summed E-state index contributed by atoms with van der Waals surface area (Å²) in [6, 6.07) is 0. The number of carbonyl (C=O) groups excluding carboxylic acids is 1. The maximum absolute atomic E-state index is 13.1. The molecule has 0 bridgehead atoms. The van der Waals surface area contributed by atoms with E-state index in [2.05, 4.69) is 0 Å². The molecular weight excluding hydrogens is 190 g/mol. The number of amides is 1. The molecule has 0 heterocycles. The summed E-state index contributed by atoms with van der Waals surface area (Å²) in [5.41, 5.74) is -1.02. The van der Waals surface area contributed by atoms with Gasteiger partial charge in [-0.1, -0.05) is 4.48 Å². The number of hydrogen-bond acceptors (Lipinski definition) is 1. The zero-order valence-electron chi connectivity index (χ0n) is 6.49. The molecule has 1 saturated carbocycles. The van der Waals surface area contributed by atoms with E-state index in [1.54, 1.807) is 0 Å². The highest BCUT2D eigenvalue weighted by Crippen LogP contribution is 2.43. The van der Waals surface area contributed by atoms with Gasteiger partial charge in [-0.15, -0.1) is 0 Å². The second kappa shape index (κ2) is 3.35. The lowest BCUT2D eigenvalue weighted by atomic mass is 9.80. The van der Waals surface area contributed by atoms with Crippen molar-refractivity contribution < 1.29 is 22.4 Å². The van der Waals surface area contributed by atoms with Gasteiger partial charge in [-0.05, 0) is 24.8 Å². The van der Waals surface area contributed by atoms with Crippen molar-refractivity contribution in [2.75, 3.05) is 0 Å². The molecule has 0 N–H and O–H groups in total. The number of hydrogen-bond donors (Lipinski definition) is 0. The first-order valence-corrected chi connectivity index (χ1v) is 3.62. The smallest absolute Gasteiger partial charge is 0.261 e. The van der Waals surface area contributed by atoms with Gasteiger partial charge in [-0.3, -0.25) is 4.79 Å². The van der Waals surface area contributed by atoms with Gasteiger partial charge >= 0.3 is 5.91 Å². The second-order valence-corrected chi connectivity index (χ2v) is 2.84. The highest BCUT2D eigenvalue weighted by atomic mass is 19.2. The van der Waals surface area contributed by atoms with Crippen molar-refractivity contribution in [2.45, 2.75) is 24.9 Å². The fourth-order valence-electron chi connectivity index (χ4n) is 1.03. The van der Waals surface area contributed by atoms with E-state index in [9.17, 15) is 22.4 Å². The third-order valence-electron chi connectivity index (χ3n) is 2.00. The molecule has 1 aliphatic rings. The van der Waals surface area contributed by atoms with E-state index in [1.807, 2.05) is 0 Å². The third-order valence-corrected chi connectivity index (χ3v) is 2.00. The predicted molar refractivity (Wildman–Crippen MR) is 35.2 cm³/mol. The zero-order chi connectivity index (χ0) is 10.1. The van der Waals surface area contributed by atoms with Crippen molar-refractivity contribution in [1.82, 2.24) is 5.54 Å². The van der Waals surface area contributed by atoms with Crippen LogP contribution in [0.4, 0.5) is 17.7 Å². The molecule has 13 heavy (non-hydrogen) atoms. The van der Waals surface area contributed by atoms with E-state index < -0.39 is 23.2 Å². The highest BCUT2D eigenvalue weighted by Gasteiger charge is 2.45. The van der Waals surface area contributed by atoms with Gasteiger partial charge in [0, 0.05) is 0 Å².